The second-order valence-corrected chi connectivity index (χ2v) is 20.3. The van der Waals surface area contributed by atoms with Crippen LogP contribution in [0.4, 0.5) is 11.4 Å². The molecule has 3 aromatic heterocycles. The maximum Gasteiger partial charge on any atom is 0.319 e. The highest BCUT2D eigenvalue weighted by Gasteiger charge is 2.50. The number of rotatable bonds is 12. The van der Waals surface area contributed by atoms with E-state index in [1.165, 1.54) is 23.4 Å². The molecule has 66 heavy (non-hydrogen) atoms. The number of carbonyl (C=O) groups excluding carboxylic acids is 1. The van der Waals surface area contributed by atoms with Gasteiger partial charge in [-0.05, 0) is 97.6 Å². The lowest BCUT2D eigenvalue weighted by atomic mass is 9.59. The fourth-order valence-electron chi connectivity index (χ4n) is 10.6. The van der Waals surface area contributed by atoms with Gasteiger partial charge in [0.1, 0.15) is 29.9 Å². The van der Waals surface area contributed by atoms with Gasteiger partial charge in [0.15, 0.2) is 5.03 Å². The first-order valence-corrected chi connectivity index (χ1v) is 24.5. The number of benzene rings is 2. The van der Waals surface area contributed by atoms with Gasteiger partial charge in [0.2, 0.25) is 0 Å². The van der Waals surface area contributed by atoms with Crippen LogP contribution in [-0.2, 0) is 19.5 Å². The minimum Gasteiger partial charge on any atom is -0.476 e. The van der Waals surface area contributed by atoms with Gasteiger partial charge in [-0.2, -0.15) is 13.4 Å². The third-order valence-electron chi connectivity index (χ3n) is 14.2. The zero-order chi connectivity index (χ0) is 45.6. The molecular formula is C48H55N7O10S. The number of carbonyl (C=O) groups is 1. The van der Waals surface area contributed by atoms with E-state index in [2.05, 4.69) is 67.6 Å². The van der Waals surface area contributed by atoms with Crippen LogP contribution < -0.4 is 23.8 Å². The molecule has 348 valence electrons. The molecule has 4 aliphatic heterocycles. The summed E-state index contributed by atoms with van der Waals surface area (Å²) in [4.78, 5) is 42.1. The van der Waals surface area contributed by atoms with E-state index in [0.29, 0.717) is 55.5 Å². The molecule has 18 heteroatoms. The average molecular weight is 922 g/mol. The average Bonchev–Trinajstić information content (AvgIpc) is 3.79. The number of nitrogens with one attached hydrogen (secondary N) is 2. The van der Waals surface area contributed by atoms with Gasteiger partial charge in [0.25, 0.3) is 27.6 Å². The molecule has 3 saturated heterocycles. The molecule has 0 radical (unpaired) electrons. The highest BCUT2D eigenvalue weighted by molar-refractivity contribution is 7.90. The lowest BCUT2D eigenvalue weighted by molar-refractivity contribution is -0.386. The minimum absolute atomic E-state index is 0.0300. The van der Waals surface area contributed by atoms with E-state index in [9.17, 15) is 23.3 Å². The van der Waals surface area contributed by atoms with E-state index in [1.807, 2.05) is 6.07 Å². The highest BCUT2D eigenvalue weighted by Crippen LogP contribution is 2.53. The van der Waals surface area contributed by atoms with Crippen LogP contribution in [0.1, 0.15) is 92.2 Å². The molecule has 7 heterocycles. The Labute approximate surface area is 383 Å². The van der Waals surface area contributed by atoms with Crippen molar-refractivity contribution in [3.63, 3.8) is 0 Å². The zero-order valence-electron chi connectivity index (χ0n) is 37.1. The summed E-state index contributed by atoms with van der Waals surface area (Å²) in [5, 5.41) is 12.3. The fraction of sp³-hybridized carbons (Fsp3) is 0.479. The van der Waals surface area contributed by atoms with Crippen LogP contribution in [0.15, 0.2) is 78.1 Å². The van der Waals surface area contributed by atoms with Crippen LogP contribution in [0.3, 0.4) is 0 Å². The maximum absolute atomic E-state index is 14.1. The van der Waals surface area contributed by atoms with Gasteiger partial charge >= 0.3 is 5.69 Å². The Balaban J connectivity index is 0.854. The van der Waals surface area contributed by atoms with E-state index in [1.54, 1.807) is 24.4 Å². The molecule has 5 aliphatic rings. The topological polar surface area (TPSA) is 201 Å². The summed E-state index contributed by atoms with van der Waals surface area (Å²) in [6, 6.07) is 19.0. The number of nitrogens with zero attached hydrogens (tertiary/aromatic N) is 5. The Morgan fingerprint density at radius 1 is 1.02 bits per heavy atom. The molecule has 2 aromatic carbocycles. The number of nitro groups is 1. The number of anilines is 1. The quantitative estimate of drug-likeness (QED) is 0.0912. The first kappa shape index (κ1) is 44.0. The van der Waals surface area contributed by atoms with E-state index < -0.39 is 37.7 Å². The molecule has 0 unspecified atom stereocenters. The number of hydrogen-bond donors (Lipinski definition) is 2. The summed E-state index contributed by atoms with van der Waals surface area (Å²) in [7, 11) is -4.78. The second-order valence-electron chi connectivity index (χ2n) is 18.7. The Morgan fingerprint density at radius 2 is 1.82 bits per heavy atom. The van der Waals surface area contributed by atoms with E-state index in [0.717, 1.165) is 81.9 Å². The van der Waals surface area contributed by atoms with E-state index in [4.69, 9.17) is 23.7 Å². The third kappa shape index (κ3) is 8.90. The van der Waals surface area contributed by atoms with E-state index >= 15 is 0 Å². The number of pyridine rings is 2. The van der Waals surface area contributed by atoms with Crippen LogP contribution >= 0.6 is 0 Å². The minimum atomic E-state index is -4.78. The van der Waals surface area contributed by atoms with Gasteiger partial charge in [-0.3, -0.25) is 19.8 Å². The van der Waals surface area contributed by atoms with Gasteiger partial charge < -0.3 is 33.6 Å². The molecule has 4 fully saturated rings. The monoisotopic (exact) mass is 921 g/mol. The Morgan fingerprint density at radius 3 is 2.61 bits per heavy atom. The Hall–Kier alpha value is -5.82. The predicted molar refractivity (Wildman–Crippen MR) is 244 cm³/mol. The lowest BCUT2D eigenvalue weighted by Crippen LogP contribution is -2.58. The smallest absolute Gasteiger partial charge is 0.319 e. The van der Waals surface area contributed by atoms with Crippen LogP contribution in [0, 0.1) is 21.4 Å². The number of piperidine rings is 1. The number of hydrogen-bond acceptors (Lipinski definition) is 14. The maximum atomic E-state index is 14.1. The van der Waals surface area contributed by atoms with Gasteiger partial charge in [0, 0.05) is 62.2 Å². The summed E-state index contributed by atoms with van der Waals surface area (Å²) in [6.45, 7) is 9.77. The van der Waals surface area contributed by atoms with Crippen molar-refractivity contribution >= 4 is 38.3 Å². The van der Waals surface area contributed by atoms with Crippen molar-refractivity contribution in [3.8, 4) is 23.1 Å². The van der Waals surface area contributed by atoms with Crippen LogP contribution in [0.2, 0.25) is 0 Å². The normalized spacial score (nSPS) is 21.5. The predicted octanol–water partition coefficient (Wildman–Crippen LogP) is 7.68. The second kappa shape index (κ2) is 18.1. The SMILES string of the molecule is CC(C)c1ccccc1[C@H]1COCCN1C1CC2(CCN(c3ccc(C(=O)NS(=O)(=O)c4cc([N+](=O)[O-])c5c(n4)OC[C@H](CC4CCOCC4)O5)c(Oc4cnc5[nH]ccc5c4)c3)CC2)C1. The fourth-order valence-corrected chi connectivity index (χ4v) is 11.5. The molecule has 17 nitrogen and oxygen atoms in total. The zero-order valence-corrected chi connectivity index (χ0v) is 38.0. The van der Waals surface area contributed by atoms with Crippen molar-refractivity contribution in [2.75, 3.05) is 57.6 Å². The molecule has 1 saturated carbocycles. The van der Waals surface area contributed by atoms with Crippen molar-refractivity contribution < 1.29 is 41.8 Å². The van der Waals surface area contributed by atoms with Crippen LogP contribution in [0.25, 0.3) is 11.0 Å². The van der Waals surface area contributed by atoms with Crippen LogP contribution in [0.5, 0.6) is 23.1 Å². The summed E-state index contributed by atoms with van der Waals surface area (Å²) in [6.07, 6.45) is 9.36. The summed E-state index contributed by atoms with van der Waals surface area (Å²) < 4.78 is 59.4. The summed E-state index contributed by atoms with van der Waals surface area (Å²) >= 11 is 0. The highest BCUT2D eigenvalue weighted by atomic mass is 32.2. The largest absolute Gasteiger partial charge is 0.476 e. The van der Waals surface area contributed by atoms with Crippen molar-refractivity contribution in [1.82, 2.24) is 24.6 Å². The summed E-state index contributed by atoms with van der Waals surface area (Å²) in [5.41, 5.74) is 3.77. The number of aromatic amines is 1. The number of aromatic nitrogens is 3. The van der Waals surface area contributed by atoms with E-state index in [-0.39, 0.29) is 41.0 Å². The number of H-pyrrole nitrogens is 1. The molecular weight excluding hydrogens is 867 g/mol. The standard InChI is InChI=1S/C48H55N7O10S/c1-30(2)37-5-3-4-6-38(37)41-29-62-20-17-54(41)34-25-48(26-34)12-15-53(16-13-48)33-7-8-39(42(23-33)64-35-22-32-9-14-49-45(32)50-27-35)46(56)52-66(59,60)43-24-40(55(57)58)44-47(51-43)63-28-36(65-44)21-31-10-18-61-19-11-31/h3-9,14,22-24,27,30-31,34,36,41H,10-13,15-21,25-26,28-29H2,1-2H3,(H,49,50)(H,52,56)/t36-,41+/m0/s1. The van der Waals surface area contributed by atoms with Crippen molar-refractivity contribution in [2.24, 2.45) is 11.3 Å². The van der Waals surface area contributed by atoms with Crippen LogP contribution in [-0.4, -0.2) is 104 Å². The van der Waals surface area contributed by atoms with Gasteiger partial charge in [-0.1, -0.05) is 38.1 Å². The molecule has 1 aliphatic carbocycles. The summed E-state index contributed by atoms with van der Waals surface area (Å²) in [5.74, 6) is -0.420. The lowest BCUT2D eigenvalue weighted by Gasteiger charge is -2.57. The van der Waals surface area contributed by atoms with Gasteiger partial charge in [-0.15, -0.1) is 0 Å². The first-order valence-electron chi connectivity index (χ1n) is 23.0. The van der Waals surface area contributed by atoms with Gasteiger partial charge in [0.05, 0.1) is 42.0 Å². The Bertz CT molecular complexity index is 2720. The number of ether oxygens (including phenoxy) is 5. The number of sulfonamides is 1. The molecule has 0 bridgehead atoms. The molecule has 1 spiro atoms. The number of amides is 1. The van der Waals surface area contributed by atoms with Crippen molar-refractivity contribution in [3.05, 3.63) is 99.9 Å². The Kier molecular flexibility index (Phi) is 12.1. The number of morpholine rings is 1. The molecule has 2 atom stereocenters. The molecule has 5 aromatic rings. The number of fused-ring (bicyclic) bond motifs is 2. The molecule has 2 N–H and O–H groups in total. The third-order valence-corrected chi connectivity index (χ3v) is 15.4. The first-order chi connectivity index (χ1) is 31.9. The van der Waals surface area contributed by atoms with Crippen molar-refractivity contribution in [2.45, 2.75) is 87.9 Å². The molecule has 1 amide bonds. The molecule has 10 rings (SSSR count). The van der Waals surface area contributed by atoms with Crippen molar-refractivity contribution in [1.29, 1.82) is 0 Å². The van der Waals surface area contributed by atoms with Gasteiger partial charge in [-0.25, -0.2) is 9.71 Å².